The van der Waals surface area contributed by atoms with Gasteiger partial charge in [0.05, 0.1) is 29.0 Å². The Morgan fingerprint density at radius 2 is 1.75 bits per heavy atom. The van der Waals surface area contributed by atoms with Crippen LogP contribution >= 0.6 is 0 Å². The van der Waals surface area contributed by atoms with E-state index in [1.165, 1.54) is 0 Å². The topological polar surface area (TPSA) is 228 Å². The number of carboxylic acids is 2. The minimum Gasteiger partial charge on any atom is -0.493 e. The number of nitrogens with zero attached hydrogens (tertiary/aromatic N) is 3. The van der Waals surface area contributed by atoms with Gasteiger partial charge >= 0.3 is 11.9 Å². The van der Waals surface area contributed by atoms with E-state index in [1.54, 1.807) is 19.2 Å². The van der Waals surface area contributed by atoms with Crippen molar-refractivity contribution >= 4 is 40.3 Å². The Hall–Kier alpha value is -4.76. The molecule has 15 nitrogen and oxygen atoms in total. The molecule has 1 amide bonds. The number of aliphatic hydroxyl groups excluding tert-OH is 2. The predicted octanol–water partition coefficient (Wildman–Crippen LogP) is 1.95. The van der Waals surface area contributed by atoms with E-state index in [0.717, 1.165) is 66.8 Å². The molecule has 44 heavy (non-hydrogen) atoms. The number of aromatic nitrogens is 2. The van der Waals surface area contributed by atoms with Crippen molar-refractivity contribution in [3.05, 3.63) is 57.4 Å². The third kappa shape index (κ3) is 8.87. The van der Waals surface area contributed by atoms with Gasteiger partial charge in [0.1, 0.15) is 17.3 Å². The number of hydrogen-bond acceptors (Lipinski definition) is 10. The van der Waals surface area contributed by atoms with E-state index in [2.05, 4.69) is 20.2 Å². The zero-order chi connectivity index (χ0) is 32.4. The minimum absolute atomic E-state index is 0.0266. The second kappa shape index (κ2) is 15.6. The van der Waals surface area contributed by atoms with Crippen LogP contribution in [0.2, 0.25) is 0 Å². The maximum absolute atomic E-state index is 11.6. The monoisotopic (exact) mass is 615 g/mol. The Morgan fingerprint density at radius 1 is 1.09 bits per heavy atom. The number of ether oxygens (including phenoxy) is 1. The van der Waals surface area contributed by atoms with Gasteiger partial charge in [0.25, 0.3) is 5.69 Å². The molecule has 2 heterocycles. The van der Waals surface area contributed by atoms with Gasteiger partial charge in [-0.05, 0) is 56.4 Å². The molecule has 1 aliphatic rings. The number of carboxylic acid groups (broad SMARTS) is 2. The molecule has 2 aromatic carbocycles. The molecule has 0 unspecified atom stereocenters. The highest BCUT2D eigenvalue weighted by molar-refractivity contribution is 5.83. The van der Waals surface area contributed by atoms with Gasteiger partial charge in [-0.3, -0.25) is 14.9 Å². The molecule has 6 N–H and O–H groups in total. The maximum Gasteiger partial charge on any atom is 0.335 e. The van der Waals surface area contributed by atoms with Crippen LogP contribution in [0.25, 0.3) is 11.0 Å². The predicted molar refractivity (Wildman–Crippen MR) is 159 cm³/mol. The van der Waals surface area contributed by atoms with Crippen molar-refractivity contribution in [3.63, 3.8) is 0 Å². The molecule has 0 radical (unpaired) electrons. The number of anilines is 1. The molecular weight excluding hydrogens is 578 g/mol. The quantitative estimate of drug-likeness (QED) is 0.0976. The Balaban J connectivity index is 0.000000456. The molecule has 1 aliphatic heterocycles. The van der Waals surface area contributed by atoms with E-state index in [-0.39, 0.29) is 16.5 Å². The fourth-order valence-electron chi connectivity index (χ4n) is 4.79. The lowest BCUT2D eigenvalue weighted by atomic mass is 10.1. The van der Waals surface area contributed by atoms with Crippen molar-refractivity contribution in [2.45, 2.75) is 57.7 Å². The molecule has 0 bridgehead atoms. The van der Waals surface area contributed by atoms with Gasteiger partial charge in [-0.1, -0.05) is 6.07 Å². The number of carbonyl (C=O) groups is 3. The number of rotatable bonds is 12. The Labute approximate surface area is 252 Å². The summed E-state index contributed by atoms with van der Waals surface area (Å²) in [5.41, 5.74) is 4.37. The van der Waals surface area contributed by atoms with Crippen molar-refractivity contribution < 1.29 is 44.5 Å². The number of carbonyl (C=O) groups excluding carboxylic acids is 1. The first kappa shape index (κ1) is 33.7. The summed E-state index contributed by atoms with van der Waals surface area (Å²) in [6, 6.07) is 9.06. The number of aromatic amines is 1. The SMILES string of the molecule is CNC(=O)Cc1ccc2nc(CCCOc3ccc([N+](=O)[O-])c(N4CCCCC4)c3C)[nH]c2c1.O=C(O)[C@H](O)[C@@H](O)C(=O)O. The van der Waals surface area contributed by atoms with Crippen molar-refractivity contribution in [2.24, 2.45) is 0 Å². The van der Waals surface area contributed by atoms with Crippen LogP contribution in [0.5, 0.6) is 5.75 Å². The van der Waals surface area contributed by atoms with Crippen LogP contribution in [0.1, 0.15) is 42.6 Å². The maximum atomic E-state index is 11.6. The largest absolute Gasteiger partial charge is 0.493 e. The lowest BCUT2D eigenvalue weighted by molar-refractivity contribution is -0.384. The van der Waals surface area contributed by atoms with Gasteiger partial charge in [0.15, 0.2) is 12.2 Å². The molecule has 1 aromatic heterocycles. The lowest BCUT2D eigenvalue weighted by Crippen LogP contribution is -2.39. The summed E-state index contributed by atoms with van der Waals surface area (Å²) in [7, 11) is 1.63. The number of aliphatic carboxylic acids is 2. The number of nitrogens with one attached hydrogen (secondary N) is 2. The van der Waals surface area contributed by atoms with Gasteiger partial charge in [-0.15, -0.1) is 0 Å². The Bertz CT molecular complexity index is 1470. The fourth-order valence-corrected chi connectivity index (χ4v) is 4.79. The lowest BCUT2D eigenvalue weighted by Gasteiger charge is -2.30. The highest BCUT2D eigenvalue weighted by Gasteiger charge is 2.29. The molecule has 0 spiro atoms. The van der Waals surface area contributed by atoms with E-state index in [0.29, 0.717) is 30.9 Å². The first-order valence-electron chi connectivity index (χ1n) is 14.1. The normalized spacial score (nSPS) is 14.2. The molecule has 0 saturated carbocycles. The van der Waals surface area contributed by atoms with E-state index in [9.17, 15) is 24.5 Å². The minimum atomic E-state index is -2.27. The number of imidazole rings is 1. The van der Waals surface area contributed by atoms with E-state index < -0.39 is 24.1 Å². The van der Waals surface area contributed by atoms with Gasteiger partial charge in [-0.2, -0.15) is 0 Å². The van der Waals surface area contributed by atoms with Crippen LogP contribution in [0, 0.1) is 17.0 Å². The summed E-state index contributed by atoms with van der Waals surface area (Å²) in [5, 5.41) is 46.8. The summed E-state index contributed by atoms with van der Waals surface area (Å²) in [5.74, 6) is -2.01. The average Bonchev–Trinajstić information content (AvgIpc) is 3.41. The number of benzene rings is 2. The number of amides is 1. The van der Waals surface area contributed by atoms with Crippen molar-refractivity contribution in [3.8, 4) is 5.75 Å². The third-order valence-corrected chi connectivity index (χ3v) is 7.09. The second-order valence-corrected chi connectivity index (χ2v) is 10.3. The van der Waals surface area contributed by atoms with Crippen LogP contribution < -0.4 is 15.0 Å². The summed E-state index contributed by atoms with van der Waals surface area (Å²) in [6.07, 6.45) is 0.526. The van der Waals surface area contributed by atoms with E-state index in [4.69, 9.17) is 25.2 Å². The number of aliphatic hydroxyl groups is 2. The van der Waals surface area contributed by atoms with Gasteiger partial charge in [0, 0.05) is 38.2 Å². The van der Waals surface area contributed by atoms with Crippen molar-refractivity contribution in [1.29, 1.82) is 0 Å². The number of fused-ring (bicyclic) bond motifs is 1. The molecule has 238 valence electrons. The summed E-state index contributed by atoms with van der Waals surface area (Å²) >= 11 is 0. The van der Waals surface area contributed by atoms with Crippen LogP contribution in [-0.2, 0) is 27.2 Å². The molecule has 15 heteroatoms. The fraction of sp³-hybridized carbons (Fsp3) is 0.448. The Kier molecular flexibility index (Phi) is 12.0. The van der Waals surface area contributed by atoms with Crippen molar-refractivity contribution in [2.75, 3.05) is 31.6 Å². The molecule has 0 aliphatic carbocycles. The number of piperidine rings is 1. The zero-order valence-electron chi connectivity index (χ0n) is 24.5. The van der Waals surface area contributed by atoms with Crippen LogP contribution in [0.3, 0.4) is 0 Å². The number of H-pyrrole nitrogens is 1. The van der Waals surface area contributed by atoms with Gasteiger partial charge in [0.2, 0.25) is 5.91 Å². The number of likely N-dealkylation sites (N-methyl/N-ethyl adjacent to an activating group) is 1. The van der Waals surface area contributed by atoms with Crippen LogP contribution in [0.4, 0.5) is 11.4 Å². The van der Waals surface area contributed by atoms with E-state index >= 15 is 0 Å². The van der Waals surface area contributed by atoms with Crippen LogP contribution in [0.15, 0.2) is 30.3 Å². The van der Waals surface area contributed by atoms with Crippen LogP contribution in [-0.4, -0.2) is 92.1 Å². The molecular formula is C29H37N5O10. The molecule has 1 saturated heterocycles. The first-order chi connectivity index (χ1) is 20.9. The molecule has 2 atom stereocenters. The smallest absolute Gasteiger partial charge is 0.335 e. The zero-order valence-corrected chi connectivity index (χ0v) is 24.5. The first-order valence-corrected chi connectivity index (χ1v) is 14.1. The Morgan fingerprint density at radius 3 is 2.34 bits per heavy atom. The molecule has 4 rings (SSSR count). The number of hydrogen-bond donors (Lipinski definition) is 6. The third-order valence-electron chi connectivity index (χ3n) is 7.09. The van der Waals surface area contributed by atoms with Gasteiger partial charge in [-0.25, -0.2) is 14.6 Å². The van der Waals surface area contributed by atoms with Gasteiger partial charge < -0.3 is 40.4 Å². The standard InChI is InChI=1S/C25H31N5O4.C4H6O6/c1-17-22(11-10-21(30(32)33)25(17)29-12-4-3-5-13-29)34-14-6-7-23-27-19-9-8-18(15-20(19)28-23)16-24(31)26-2;5-1(3(7)8)2(6)4(9)10/h8-11,15H,3-7,12-14,16H2,1-2H3,(H,26,31)(H,27,28);1-2,5-6H,(H,7,8)(H,9,10)/t;1-,2-/m.1/s1. The number of nitro benzene ring substituents is 1. The summed E-state index contributed by atoms with van der Waals surface area (Å²) in [6.45, 7) is 4.06. The molecule has 3 aromatic rings. The summed E-state index contributed by atoms with van der Waals surface area (Å²) in [4.78, 5) is 52.5. The molecule has 1 fully saturated rings. The second-order valence-electron chi connectivity index (χ2n) is 10.3. The van der Waals surface area contributed by atoms with Crippen molar-refractivity contribution in [1.82, 2.24) is 15.3 Å². The number of nitro groups is 1. The highest BCUT2D eigenvalue weighted by atomic mass is 16.6. The highest BCUT2D eigenvalue weighted by Crippen LogP contribution is 2.38. The van der Waals surface area contributed by atoms with E-state index in [1.807, 2.05) is 25.1 Å². The average molecular weight is 616 g/mol. The number of aryl methyl sites for hydroxylation is 1. The summed E-state index contributed by atoms with van der Waals surface area (Å²) < 4.78 is 6.04.